The van der Waals surface area contributed by atoms with Gasteiger partial charge in [0.2, 0.25) is 11.9 Å². The maximum Gasteiger partial charge on any atom is 0.250 e. The summed E-state index contributed by atoms with van der Waals surface area (Å²) in [6.45, 7) is 1.79. The molecule has 1 aliphatic rings. The Labute approximate surface area is 148 Å². The van der Waals surface area contributed by atoms with Gasteiger partial charge in [-0.3, -0.25) is 9.69 Å². The molecule has 1 atom stereocenters. The molecule has 7 nitrogen and oxygen atoms in total. The summed E-state index contributed by atoms with van der Waals surface area (Å²) >= 11 is 0. The Morgan fingerprint density at radius 3 is 2.65 bits per heavy atom. The Balaban J connectivity index is 1.98. The van der Waals surface area contributed by atoms with Gasteiger partial charge in [-0.1, -0.05) is 5.92 Å². The maximum atomic E-state index is 13.5. The monoisotopic (exact) mass is 359 g/mol. The molecule has 0 spiro atoms. The molecule has 0 unspecified atom stereocenters. The number of terminal acetylenes is 1. The minimum Gasteiger partial charge on any atom is -0.503 e. The lowest BCUT2D eigenvalue weighted by atomic mass is 10.1. The van der Waals surface area contributed by atoms with E-state index in [1.807, 2.05) is 0 Å². The number of nitrogens with one attached hydrogen (secondary N) is 1. The molecule has 1 amide bonds. The summed E-state index contributed by atoms with van der Waals surface area (Å²) < 4.78 is 26.9. The quantitative estimate of drug-likeness (QED) is 0.645. The summed E-state index contributed by atoms with van der Waals surface area (Å²) in [6.07, 6.45) is 6.74. The summed E-state index contributed by atoms with van der Waals surface area (Å²) in [5.41, 5.74) is 0.475. The third kappa shape index (κ3) is 2.86. The fraction of sp³-hybridized carbons (Fsp3) is 0.235. The number of anilines is 4. The van der Waals surface area contributed by atoms with Crippen LogP contribution in [0.25, 0.3) is 0 Å². The van der Waals surface area contributed by atoms with Crippen LogP contribution in [-0.4, -0.2) is 40.6 Å². The molecule has 1 aromatic heterocycles. The number of rotatable bonds is 3. The van der Waals surface area contributed by atoms with Crippen LogP contribution in [0.4, 0.5) is 31.9 Å². The molecule has 0 saturated heterocycles. The molecule has 9 heteroatoms. The average molecular weight is 359 g/mol. The van der Waals surface area contributed by atoms with E-state index in [0.29, 0.717) is 11.5 Å². The first-order chi connectivity index (χ1) is 12.3. The van der Waals surface area contributed by atoms with Gasteiger partial charge in [0.1, 0.15) is 11.7 Å². The van der Waals surface area contributed by atoms with Crippen molar-refractivity contribution in [3.05, 3.63) is 30.0 Å². The molecule has 0 saturated carbocycles. The smallest absolute Gasteiger partial charge is 0.250 e. The summed E-state index contributed by atoms with van der Waals surface area (Å²) in [7, 11) is 1.70. The molecule has 0 fully saturated rings. The number of amides is 1. The summed E-state index contributed by atoms with van der Waals surface area (Å²) in [5, 5.41) is 11.8. The number of aromatic nitrogens is 2. The van der Waals surface area contributed by atoms with Crippen LogP contribution in [0.15, 0.2) is 18.3 Å². The van der Waals surface area contributed by atoms with Crippen molar-refractivity contribution < 1.29 is 18.7 Å². The second-order valence-electron chi connectivity index (χ2n) is 5.73. The van der Waals surface area contributed by atoms with Crippen molar-refractivity contribution in [2.45, 2.75) is 13.0 Å². The summed E-state index contributed by atoms with van der Waals surface area (Å²) in [4.78, 5) is 23.8. The van der Waals surface area contributed by atoms with E-state index >= 15 is 0 Å². The molecule has 2 heterocycles. The van der Waals surface area contributed by atoms with Crippen LogP contribution >= 0.6 is 0 Å². The first kappa shape index (κ1) is 17.4. The lowest BCUT2D eigenvalue weighted by Crippen LogP contribution is -2.51. The predicted molar refractivity (Wildman–Crippen MR) is 92.4 cm³/mol. The van der Waals surface area contributed by atoms with E-state index in [0.717, 1.165) is 12.1 Å². The number of phenolic OH excluding ortho intramolecular Hbond substituents is 1. The van der Waals surface area contributed by atoms with Crippen molar-refractivity contribution in [1.29, 1.82) is 0 Å². The van der Waals surface area contributed by atoms with E-state index in [1.165, 1.54) is 11.1 Å². The highest BCUT2D eigenvalue weighted by atomic mass is 19.1. The fourth-order valence-corrected chi connectivity index (χ4v) is 2.59. The zero-order valence-electron chi connectivity index (χ0n) is 14.0. The zero-order valence-corrected chi connectivity index (χ0v) is 14.0. The van der Waals surface area contributed by atoms with E-state index < -0.39 is 23.4 Å². The first-order valence-corrected chi connectivity index (χ1v) is 7.63. The van der Waals surface area contributed by atoms with Gasteiger partial charge >= 0.3 is 0 Å². The van der Waals surface area contributed by atoms with E-state index in [1.54, 1.807) is 18.9 Å². The molecule has 1 aromatic carbocycles. The minimum atomic E-state index is -1.11. The van der Waals surface area contributed by atoms with Gasteiger partial charge in [-0.2, -0.15) is 4.98 Å². The number of benzene rings is 1. The van der Waals surface area contributed by atoms with E-state index in [4.69, 9.17) is 11.5 Å². The number of hydrogen-bond acceptors (Lipinski definition) is 6. The lowest BCUT2D eigenvalue weighted by Gasteiger charge is -2.37. The van der Waals surface area contributed by atoms with Gasteiger partial charge in [0.25, 0.3) is 0 Å². The minimum absolute atomic E-state index is 0.0285. The third-order valence-corrected chi connectivity index (χ3v) is 4.10. The standard InChI is InChI=1S/C17H15F2N5O2/c1-4-5-24-13-8-20-17(22-15(13)23(3)9(2)16(24)26)21-10-6-11(18)14(25)12(19)7-10/h1,6-9,25H,5H2,2-3H3,(H,20,21,22)/t9-/m0/s1. The number of hydrogen-bond donors (Lipinski definition) is 2. The predicted octanol–water partition coefficient (Wildman–Crippen LogP) is 2.01. The molecule has 0 aliphatic carbocycles. The largest absolute Gasteiger partial charge is 0.503 e. The van der Waals surface area contributed by atoms with Crippen LogP contribution in [0.2, 0.25) is 0 Å². The Bertz CT molecular complexity index is 905. The second-order valence-corrected chi connectivity index (χ2v) is 5.73. The average Bonchev–Trinajstić information content (AvgIpc) is 2.61. The number of carbonyl (C=O) groups excluding carboxylic acids is 1. The second kappa shape index (κ2) is 6.48. The van der Waals surface area contributed by atoms with Gasteiger partial charge in [0.05, 0.1) is 12.7 Å². The maximum absolute atomic E-state index is 13.5. The first-order valence-electron chi connectivity index (χ1n) is 7.63. The zero-order chi connectivity index (χ0) is 19.0. The van der Waals surface area contributed by atoms with Crippen molar-refractivity contribution in [2.75, 3.05) is 28.7 Å². The van der Waals surface area contributed by atoms with Crippen LogP contribution in [0.1, 0.15) is 6.92 Å². The molecule has 3 rings (SSSR count). The number of halogens is 2. The molecular weight excluding hydrogens is 344 g/mol. The van der Waals surface area contributed by atoms with Gasteiger partial charge in [0.15, 0.2) is 23.2 Å². The summed E-state index contributed by atoms with van der Waals surface area (Å²) in [6, 6.07) is 1.35. The molecule has 0 bridgehead atoms. The van der Waals surface area contributed by atoms with Gasteiger partial charge in [-0.15, -0.1) is 6.42 Å². The van der Waals surface area contributed by atoms with Crippen LogP contribution in [0, 0.1) is 24.0 Å². The van der Waals surface area contributed by atoms with Crippen molar-refractivity contribution in [2.24, 2.45) is 0 Å². The van der Waals surface area contributed by atoms with E-state index in [-0.39, 0.29) is 24.1 Å². The van der Waals surface area contributed by atoms with Gasteiger partial charge < -0.3 is 15.3 Å². The SMILES string of the molecule is C#CCN1C(=O)[C@H](C)N(C)c2nc(Nc3cc(F)c(O)c(F)c3)ncc21. The Kier molecular flexibility index (Phi) is 4.34. The normalized spacial score (nSPS) is 16.3. The number of aromatic hydroxyl groups is 1. The van der Waals surface area contributed by atoms with Crippen LogP contribution in [0.3, 0.4) is 0 Å². The number of likely N-dealkylation sites (N-methyl/N-ethyl adjacent to an activating group) is 1. The summed E-state index contributed by atoms with van der Waals surface area (Å²) in [5.74, 6) is -0.506. The van der Waals surface area contributed by atoms with E-state index in [2.05, 4.69) is 21.2 Å². The Hall–Kier alpha value is -3.41. The van der Waals surface area contributed by atoms with E-state index in [9.17, 15) is 13.6 Å². The molecule has 134 valence electrons. The van der Waals surface area contributed by atoms with Crippen molar-refractivity contribution in [3.8, 4) is 18.1 Å². The highest BCUT2D eigenvalue weighted by Crippen LogP contribution is 2.34. The number of nitrogens with zero attached hydrogens (tertiary/aromatic N) is 4. The van der Waals surface area contributed by atoms with Gasteiger partial charge in [0, 0.05) is 24.9 Å². The molecule has 0 radical (unpaired) electrons. The molecule has 2 aromatic rings. The molecule has 1 aliphatic heterocycles. The number of fused-ring (bicyclic) bond motifs is 1. The van der Waals surface area contributed by atoms with Crippen molar-refractivity contribution in [1.82, 2.24) is 9.97 Å². The van der Waals surface area contributed by atoms with Crippen molar-refractivity contribution in [3.63, 3.8) is 0 Å². The van der Waals surface area contributed by atoms with Gasteiger partial charge in [-0.25, -0.2) is 13.8 Å². The van der Waals surface area contributed by atoms with Crippen LogP contribution in [0.5, 0.6) is 5.75 Å². The highest BCUT2D eigenvalue weighted by Gasteiger charge is 2.34. The van der Waals surface area contributed by atoms with Crippen LogP contribution in [-0.2, 0) is 4.79 Å². The Morgan fingerprint density at radius 1 is 1.38 bits per heavy atom. The Morgan fingerprint density at radius 2 is 2.04 bits per heavy atom. The van der Waals surface area contributed by atoms with Gasteiger partial charge in [-0.05, 0) is 6.92 Å². The number of carbonyl (C=O) groups is 1. The topological polar surface area (TPSA) is 81.6 Å². The van der Waals surface area contributed by atoms with Crippen molar-refractivity contribution >= 4 is 29.0 Å². The lowest BCUT2D eigenvalue weighted by molar-refractivity contribution is -0.119. The molecular formula is C17H15F2N5O2. The number of phenols is 1. The molecule has 2 N–H and O–H groups in total. The molecule has 26 heavy (non-hydrogen) atoms. The fourth-order valence-electron chi connectivity index (χ4n) is 2.59. The van der Waals surface area contributed by atoms with Crippen LogP contribution < -0.4 is 15.1 Å². The highest BCUT2D eigenvalue weighted by molar-refractivity contribution is 6.04. The third-order valence-electron chi connectivity index (χ3n) is 4.10.